The van der Waals surface area contributed by atoms with Gasteiger partial charge in [0, 0.05) is 53.5 Å². The van der Waals surface area contributed by atoms with Gasteiger partial charge >= 0.3 is 11.9 Å². The van der Waals surface area contributed by atoms with Crippen LogP contribution in [-0.4, -0.2) is 106 Å². The smallest absolute Gasteiger partial charge is 0.329 e. The van der Waals surface area contributed by atoms with Gasteiger partial charge in [0.15, 0.2) is 23.0 Å². The van der Waals surface area contributed by atoms with Crippen LogP contribution in [0, 0.1) is 19.8 Å². The molecule has 3 aromatic rings. The molecule has 1 saturated carbocycles. The van der Waals surface area contributed by atoms with Gasteiger partial charge in [-0.15, -0.1) is 11.8 Å². The van der Waals surface area contributed by atoms with E-state index in [1.807, 2.05) is 64.1 Å². The summed E-state index contributed by atoms with van der Waals surface area (Å²) in [4.78, 5) is 59.0. The zero-order valence-corrected chi connectivity index (χ0v) is 36.5. The largest absolute Gasteiger partial charge is 0.504 e. The lowest BCUT2D eigenvalue weighted by Gasteiger charge is -2.63. The Morgan fingerprint density at radius 1 is 1.10 bits per heavy atom. The summed E-state index contributed by atoms with van der Waals surface area (Å²) in [5.74, 6) is -1.08. The molecule has 15 nitrogen and oxygen atoms in total. The van der Waals surface area contributed by atoms with Gasteiger partial charge in [-0.2, -0.15) is 0 Å². The van der Waals surface area contributed by atoms with Gasteiger partial charge in [0.1, 0.15) is 30.2 Å². The van der Waals surface area contributed by atoms with E-state index in [1.165, 1.54) is 31.9 Å². The lowest BCUT2D eigenvalue weighted by atomic mass is 9.72. The van der Waals surface area contributed by atoms with Crippen LogP contribution < -0.4 is 29.6 Å². The summed E-state index contributed by atoms with van der Waals surface area (Å²) >= 11 is 1.35. The molecule has 6 aliphatic heterocycles. The van der Waals surface area contributed by atoms with Crippen LogP contribution in [-0.2, 0) is 35.9 Å². The van der Waals surface area contributed by atoms with Crippen LogP contribution >= 0.6 is 11.8 Å². The minimum Gasteiger partial charge on any atom is -0.504 e. The lowest BCUT2D eigenvalue weighted by molar-refractivity contribution is -0.194. The third kappa shape index (κ3) is 6.51. The monoisotopic (exact) mass is 868 g/mol. The van der Waals surface area contributed by atoms with Crippen LogP contribution in [0.3, 0.4) is 0 Å². The second-order valence-corrected chi connectivity index (χ2v) is 18.4. The average Bonchev–Trinajstić information content (AvgIpc) is 3.69. The van der Waals surface area contributed by atoms with E-state index in [2.05, 4.69) is 20.4 Å². The third-order valence-corrected chi connectivity index (χ3v) is 14.7. The molecule has 10 rings (SSSR count). The number of rotatable bonds is 9. The van der Waals surface area contributed by atoms with Crippen molar-refractivity contribution in [3.05, 3.63) is 81.4 Å². The molecule has 1 aliphatic carbocycles. The maximum absolute atomic E-state index is 14.4. The molecule has 4 N–H and O–H groups in total. The molecule has 3 fully saturated rings. The number of nitrogens with zero attached hydrogens (tertiary/aromatic N) is 2. The molecule has 0 aromatic heterocycles. The number of aliphatic hydroxyl groups excluding tert-OH is 1. The molecular formula is C46H52N4O11S. The number of amides is 2. The number of phenols is 1. The van der Waals surface area contributed by atoms with Crippen molar-refractivity contribution in [3.63, 3.8) is 0 Å². The van der Waals surface area contributed by atoms with Crippen molar-refractivity contribution in [2.24, 2.45) is 5.92 Å². The number of hydrogen-bond donors (Lipinski definition) is 4. The molecule has 16 heteroatoms. The Hall–Kier alpha value is -5.29. The van der Waals surface area contributed by atoms with Crippen LogP contribution in [0.2, 0.25) is 0 Å². The van der Waals surface area contributed by atoms with Gasteiger partial charge in [-0.25, -0.2) is 4.79 Å². The number of benzene rings is 3. The number of methoxy groups -OCH3 is 1. The molecule has 4 bridgehead atoms. The highest BCUT2D eigenvalue weighted by Crippen LogP contribution is 2.71. The second kappa shape index (κ2) is 15.8. The first-order valence-corrected chi connectivity index (χ1v) is 22.2. The number of aromatic hydroxyl groups is 1. The van der Waals surface area contributed by atoms with Crippen LogP contribution in [0.4, 0.5) is 0 Å². The number of phenolic OH excluding ortho intramolecular Hbond substituents is 1. The molecule has 7 aliphatic rings. The number of aryl methyl sites for hydroxylation is 1. The van der Waals surface area contributed by atoms with Crippen molar-refractivity contribution in [3.8, 4) is 28.7 Å². The van der Waals surface area contributed by atoms with Gasteiger partial charge in [-0.1, -0.05) is 57.2 Å². The Morgan fingerprint density at radius 3 is 2.53 bits per heavy atom. The van der Waals surface area contributed by atoms with Crippen LogP contribution in [0.5, 0.6) is 28.7 Å². The maximum atomic E-state index is 14.4. The lowest BCUT2D eigenvalue weighted by Crippen LogP contribution is -2.72. The topological polar surface area (TPSA) is 185 Å². The van der Waals surface area contributed by atoms with Crippen molar-refractivity contribution < 1.29 is 53.1 Å². The summed E-state index contributed by atoms with van der Waals surface area (Å²) in [6.07, 6.45) is 1.79. The zero-order chi connectivity index (χ0) is 43.9. The first-order chi connectivity index (χ1) is 29.7. The van der Waals surface area contributed by atoms with Gasteiger partial charge in [-0.05, 0) is 55.5 Å². The molecule has 1 spiro atoms. The number of aliphatic hydroxyl groups is 1. The molecule has 6 heterocycles. The fourth-order valence-electron chi connectivity index (χ4n) is 10.7. The van der Waals surface area contributed by atoms with E-state index in [-0.39, 0.29) is 30.6 Å². The van der Waals surface area contributed by atoms with Crippen LogP contribution in [0.1, 0.15) is 84.4 Å². The highest BCUT2D eigenvalue weighted by atomic mass is 32.2. The predicted molar refractivity (Wildman–Crippen MR) is 228 cm³/mol. The number of hydrogen-bond acceptors (Lipinski definition) is 14. The molecule has 62 heavy (non-hydrogen) atoms. The Bertz CT molecular complexity index is 2390. The van der Waals surface area contributed by atoms with E-state index < -0.39 is 77.1 Å². The SMILES string of the molecule is CCN1[C@@H]2c3c(cc(C)c(OC)c3O)C[C@H]1[C@H](O)N1C2[C@@H]2SC[C@H](NC(=O)C(NC(=O)/C=C/c3ccccc3)C(C)C)C(=O)OC3CC31c1c3c(c(C)c(OC(C)=O)c12)OCO3. The summed E-state index contributed by atoms with van der Waals surface area (Å²) in [7, 11) is 1.52. The summed E-state index contributed by atoms with van der Waals surface area (Å²) < 4.78 is 30.6. The van der Waals surface area contributed by atoms with Crippen molar-refractivity contribution in [1.82, 2.24) is 20.4 Å². The van der Waals surface area contributed by atoms with Gasteiger partial charge in [-0.3, -0.25) is 24.2 Å². The Kier molecular flexibility index (Phi) is 10.7. The minimum absolute atomic E-state index is 0.00710. The average molecular weight is 869 g/mol. The Labute approximate surface area is 364 Å². The first-order valence-electron chi connectivity index (χ1n) is 21.1. The van der Waals surface area contributed by atoms with E-state index >= 15 is 0 Å². The number of carbonyl (C=O) groups is 4. The zero-order valence-electron chi connectivity index (χ0n) is 35.7. The van der Waals surface area contributed by atoms with E-state index in [4.69, 9.17) is 23.7 Å². The summed E-state index contributed by atoms with van der Waals surface area (Å²) in [5, 5.41) is 30.0. The van der Waals surface area contributed by atoms with Crippen molar-refractivity contribution in [2.75, 3.05) is 26.2 Å². The fraction of sp³-hybridized carbons (Fsp3) is 0.478. The van der Waals surface area contributed by atoms with Gasteiger partial charge in [0.05, 0.1) is 30.0 Å². The minimum atomic E-state index is -1.18. The Balaban J connectivity index is 1.17. The van der Waals surface area contributed by atoms with E-state index in [1.54, 1.807) is 13.0 Å². The molecule has 9 atom stereocenters. The number of carbonyl (C=O) groups excluding carboxylic acids is 4. The van der Waals surface area contributed by atoms with Crippen LogP contribution in [0.25, 0.3) is 6.08 Å². The number of ether oxygens (including phenoxy) is 5. The highest BCUT2D eigenvalue weighted by Gasteiger charge is 2.75. The molecule has 328 valence electrons. The van der Waals surface area contributed by atoms with Crippen molar-refractivity contribution in [1.29, 1.82) is 0 Å². The number of fused-ring (bicyclic) bond motifs is 9. The summed E-state index contributed by atoms with van der Waals surface area (Å²) in [6.45, 7) is 11.1. The van der Waals surface area contributed by atoms with E-state index in [0.717, 1.165) is 16.7 Å². The summed E-state index contributed by atoms with van der Waals surface area (Å²) in [6, 6.07) is 7.62. The second-order valence-electron chi connectivity index (χ2n) is 17.3. The van der Waals surface area contributed by atoms with E-state index in [9.17, 15) is 29.4 Å². The van der Waals surface area contributed by atoms with Gasteiger partial charge < -0.3 is 44.5 Å². The standard InChI is InChI=1S/C46H52N4O11S/c1-8-49-28-17-26-16-22(4)38(57-7)37(53)31(26)35(49)36-42-32-33(41-40(58-20-59-41)23(5)39(32)60-24(6)51)46(50(36)44(28)55)18-29(46)61-45(56)27(19-62-42)47-43(54)34(21(2)3)48-30(52)15-14-25-12-10-9-11-13-25/h9-16,21,27-29,34-36,42,44,53,55H,8,17-20H2,1-7H3,(H,47,54)(H,48,52)/b15-14+/t27-,28-,29?,34?,35+,36?,42+,44-,46?/m0/s1. The number of esters is 2. The molecular weight excluding hydrogens is 817 g/mol. The number of nitrogens with one attached hydrogen (secondary N) is 2. The number of thioether (sulfide) groups is 1. The quantitative estimate of drug-likeness (QED) is 0.136. The number of likely N-dealkylation sites (N-methyl/N-ethyl adjacent to an activating group) is 1. The van der Waals surface area contributed by atoms with Crippen molar-refractivity contribution >= 4 is 41.6 Å². The van der Waals surface area contributed by atoms with E-state index in [0.29, 0.717) is 58.2 Å². The van der Waals surface area contributed by atoms with Crippen molar-refractivity contribution in [2.45, 2.75) is 108 Å². The van der Waals surface area contributed by atoms with Gasteiger partial charge in [0.25, 0.3) is 0 Å². The van der Waals surface area contributed by atoms with Crippen LogP contribution in [0.15, 0.2) is 42.5 Å². The third-order valence-electron chi connectivity index (χ3n) is 13.3. The molecule has 3 aromatic carbocycles. The molecule has 0 radical (unpaired) electrons. The fourth-order valence-corrected chi connectivity index (χ4v) is 12.2. The number of piperazine rings is 1. The van der Waals surface area contributed by atoms with Gasteiger partial charge in [0.2, 0.25) is 18.6 Å². The first kappa shape index (κ1) is 42.0. The molecule has 2 saturated heterocycles. The molecule has 2 amide bonds. The normalized spacial score (nSPS) is 28.5. The predicted octanol–water partition coefficient (Wildman–Crippen LogP) is 4.31. The highest BCUT2D eigenvalue weighted by molar-refractivity contribution is 7.99. The summed E-state index contributed by atoms with van der Waals surface area (Å²) in [5.41, 5.74) is 3.79. The Morgan fingerprint density at radius 2 is 1.84 bits per heavy atom. The maximum Gasteiger partial charge on any atom is 0.329 e. The molecule has 4 unspecified atom stereocenters.